The van der Waals surface area contributed by atoms with Gasteiger partial charge in [-0.3, -0.25) is 19.0 Å². The lowest BCUT2D eigenvalue weighted by Gasteiger charge is -2.17. The van der Waals surface area contributed by atoms with Crippen LogP contribution in [-0.4, -0.2) is 21.4 Å². The van der Waals surface area contributed by atoms with Crippen molar-refractivity contribution in [3.63, 3.8) is 0 Å². The van der Waals surface area contributed by atoms with E-state index in [9.17, 15) is 14.4 Å². The monoisotopic (exact) mass is 446 g/mol. The highest BCUT2D eigenvalue weighted by molar-refractivity contribution is 7.20. The van der Waals surface area contributed by atoms with Gasteiger partial charge in [-0.2, -0.15) is 0 Å². The van der Waals surface area contributed by atoms with Crippen molar-refractivity contribution in [1.29, 1.82) is 0 Å². The number of nitrogens with zero attached hydrogens (tertiary/aromatic N) is 2. The lowest BCUT2D eigenvalue weighted by Crippen LogP contribution is -2.33. The number of amides is 2. The van der Waals surface area contributed by atoms with Gasteiger partial charge in [0.15, 0.2) is 0 Å². The molecule has 2 heterocycles. The highest BCUT2D eigenvalue weighted by Gasteiger charge is 2.24. The maximum absolute atomic E-state index is 13.3. The van der Waals surface area contributed by atoms with Gasteiger partial charge >= 0.3 is 0 Å². The molecule has 4 rings (SSSR count). The third-order valence-electron chi connectivity index (χ3n) is 5.18. The van der Waals surface area contributed by atoms with Gasteiger partial charge in [0.25, 0.3) is 11.5 Å². The lowest BCUT2D eigenvalue weighted by molar-refractivity contribution is -0.119. The molecule has 7 nitrogen and oxygen atoms in total. The number of carbonyl (C=O) groups is 2. The highest BCUT2D eigenvalue weighted by atomic mass is 32.1. The molecule has 2 aromatic carbocycles. The Hall–Kier alpha value is -3.78. The van der Waals surface area contributed by atoms with E-state index in [1.54, 1.807) is 31.2 Å². The van der Waals surface area contributed by atoms with Crippen LogP contribution in [0.1, 0.15) is 34.6 Å². The van der Waals surface area contributed by atoms with Crippen molar-refractivity contribution in [2.45, 2.75) is 26.3 Å². The minimum Gasteiger partial charge on any atom is -0.324 e. The summed E-state index contributed by atoms with van der Waals surface area (Å²) < 4.78 is 1.35. The number of benzene rings is 2. The molecule has 2 aromatic heterocycles. The SMILES string of the molecule is CCC(C(=O)Nc1ccccc1)n1cnc2sc(C(=O)Nc3ccccc3)c(C)c2c1=O. The molecule has 162 valence electrons. The van der Waals surface area contributed by atoms with Gasteiger partial charge in [-0.1, -0.05) is 43.3 Å². The third kappa shape index (κ3) is 4.17. The molecule has 4 aromatic rings. The molecular weight excluding hydrogens is 424 g/mol. The van der Waals surface area contributed by atoms with Crippen molar-refractivity contribution in [2.24, 2.45) is 0 Å². The van der Waals surface area contributed by atoms with E-state index < -0.39 is 6.04 Å². The number of fused-ring (bicyclic) bond motifs is 1. The van der Waals surface area contributed by atoms with Gasteiger partial charge in [0.1, 0.15) is 10.9 Å². The molecule has 0 bridgehead atoms. The second-order valence-corrected chi connectivity index (χ2v) is 8.29. The van der Waals surface area contributed by atoms with Crippen molar-refractivity contribution in [3.8, 4) is 0 Å². The highest BCUT2D eigenvalue weighted by Crippen LogP contribution is 2.28. The first kappa shape index (κ1) is 21.5. The fourth-order valence-corrected chi connectivity index (χ4v) is 4.58. The first-order chi connectivity index (χ1) is 15.5. The topological polar surface area (TPSA) is 93.1 Å². The predicted octanol–water partition coefficient (Wildman–Crippen LogP) is 4.61. The van der Waals surface area contributed by atoms with E-state index >= 15 is 0 Å². The van der Waals surface area contributed by atoms with E-state index in [-0.39, 0.29) is 17.4 Å². The van der Waals surface area contributed by atoms with Gasteiger partial charge in [-0.25, -0.2) is 4.98 Å². The quantitative estimate of drug-likeness (QED) is 0.452. The standard InChI is InChI=1S/C24H22N4O3S/c1-3-18(21(29)26-16-10-6-4-7-11-16)28-14-25-23-19(24(28)31)15(2)20(32-23)22(30)27-17-12-8-5-9-13-17/h4-14,18H,3H2,1-2H3,(H,26,29)(H,27,30). The van der Waals surface area contributed by atoms with E-state index in [0.717, 1.165) is 0 Å². The first-order valence-electron chi connectivity index (χ1n) is 10.2. The van der Waals surface area contributed by atoms with Gasteiger partial charge in [0.05, 0.1) is 16.6 Å². The van der Waals surface area contributed by atoms with Crippen LogP contribution in [0.5, 0.6) is 0 Å². The summed E-state index contributed by atoms with van der Waals surface area (Å²) in [7, 11) is 0. The summed E-state index contributed by atoms with van der Waals surface area (Å²) >= 11 is 1.17. The van der Waals surface area contributed by atoms with E-state index in [1.165, 1.54) is 22.2 Å². The van der Waals surface area contributed by atoms with Crippen LogP contribution < -0.4 is 16.2 Å². The molecule has 0 spiro atoms. The van der Waals surface area contributed by atoms with Crippen LogP contribution in [-0.2, 0) is 4.79 Å². The zero-order valence-corrected chi connectivity index (χ0v) is 18.5. The van der Waals surface area contributed by atoms with E-state index in [1.807, 2.05) is 43.3 Å². The maximum atomic E-state index is 13.3. The molecule has 32 heavy (non-hydrogen) atoms. The van der Waals surface area contributed by atoms with Gasteiger partial charge in [-0.15, -0.1) is 11.3 Å². The van der Waals surface area contributed by atoms with Gasteiger partial charge in [-0.05, 0) is 43.2 Å². The Balaban J connectivity index is 1.67. The lowest BCUT2D eigenvalue weighted by atomic mass is 10.1. The zero-order chi connectivity index (χ0) is 22.7. The van der Waals surface area contributed by atoms with Crippen molar-refractivity contribution >= 4 is 44.7 Å². The number of aryl methyl sites for hydroxylation is 1. The molecule has 0 aliphatic carbocycles. The number of hydrogen-bond donors (Lipinski definition) is 2. The summed E-state index contributed by atoms with van der Waals surface area (Å²) in [6, 6.07) is 17.5. The number of aromatic nitrogens is 2. The summed E-state index contributed by atoms with van der Waals surface area (Å²) in [5, 5.41) is 6.05. The van der Waals surface area contributed by atoms with Crippen molar-refractivity contribution in [1.82, 2.24) is 9.55 Å². The fraction of sp³-hybridized carbons (Fsp3) is 0.167. The average Bonchev–Trinajstić information content (AvgIpc) is 3.14. The number of hydrogen-bond acceptors (Lipinski definition) is 5. The Morgan fingerprint density at radius 3 is 2.19 bits per heavy atom. The molecule has 0 aliphatic heterocycles. The average molecular weight is 447 g/mol. The molecular formula is C24H22N4O3S. The molecule has 0 saturated heterocycles. The Morgan fingerprint density at radius 1 is 1.00 bits per heavy atom. The summed E-state index contributed by atoms with van der Waals surface area (Å²) in [5.41, 5.74) is 1.55. The molecule has 0 saturated carbocycles. The van der Waals surface area contributed by atoms with Gasteiger partial charge in [0.2, 0.25) is 5.91 Å². The summed E-state index contributed by atoms with van der Waals surface area (Å²) in [5.74, 6) is -0.589. The van der Waals surface area contributed by atoms with Crippen molar-refractivity contribution in [2.75, 3.05) is 10.6 Å². The van der Waals surface area contributed by atoms with E-state index in [2.05, 4.69) is 15.6 Å². The van der Waals surface area contributed by atoms with Gasteiger partial charge in [0, 0.05) is 11.4 Å². The van der Waals surface area contributed by atoms with Crippen LogP contribution in [0.2, 0.25) is 0 Å². The predicted molar refractivity (Wildman–Crippen MR) is 127 cm³/mol. The van der Waals surface area contributed by atoms with E-state index in [4.69, 9.17) is 0 Å². The molecule has 1 atom stereocenters. The summed E-state index contributed by atoms with van der Waals surface area (Å²) in [4.78, 5) is 44.3. The second kappa shape index (κ2) is 9.15. The van der Waals surface area contributed by atoms with Crippen LogP contribution in [0.4, 0.5) is 11.4 Å². The van der Waals surface area contributed by atoms with Crippen LogP contribution in [0.15, 0.2) is 71.8 Å². The molecule has 1 unspecified atom stereocenters. The van der Waals surface area contributed by atoms with Crippen LogP contribution in [0.25, 0.3) is 10.2 Å². The third-order valence-corrected chi connectivity index (χ3v) is 6.38. The van der Waals surface area contributed by atoms with Crippen LogP contribution >= 0.6 is 11.3 Å². The minimum absolute atomic E-state index is 0.295. The number of carbonyl (C=O) groups excluding carboxylic acids is 2. The summed E-state index contributed by atoms with van der Waals surface area (Å²) in [6.07, 6.45) is 1.80. The number of anilines is 2. The molecule has 0 fully saturated rings. The van der Waals surface area contributed by atoms with Crippen molar-refractivity contribution < 1.29 is 9.59 Å². The second-order valence-electron chi connectivity index (χ2n) is 7.29. The summed E-state index contributed by atoms with van der Waals surface area (Å²) in [6.45, 7) is 3.57. The molecule has 8 heteroatoms. The zero-order valence-electron chi connectivity index (χ0n) is 17.7. The number of nitrogens with one attached hydrogen (secondary N) is 2. The van der Waals surface area contributed by atoms with Crippen molar-refractivity contribution in [3.05, 3.63) is 87.8 Å². The number of para-hydroxylation sites is 2. The molecule has 2 amide bonds. The Bertz CT molecular complexity index is 1330. The Morgan fingerprint density at radius 2 is 1.59 bits per heavy atom. The maximum Gasteiger partial charge on any atom is 0.266 e. The minimum atomic E-state index is -0.722. The smallest absolute Gasteiger partial charge is 0.266 e. The van der Waals surface area contributed by atoms with Gasteiger partial charge < -0.3 is 10.6 Å². The Labute approximate surface area is 188 Å². The van der Waals surface area contributed by atoms with Crippen LogP contribution in [0.3, 0.4) is 0 Å². The Kier molecular flexibility index (Phi) is 6.13. The first-order valence-corrected chi connectivity index (χ1v) is 11.0. The molecule has 0 aliphatic rings. The normalized spacial score (nSPS) is 11.8. The van der Waals surface area contributed by atoms with E-state index in [0.29, 0.717) is 38.5 Å². The molecule has 0 radical (unpaired) electrons. The fourth-order valence-electron chi connectivity index (χ4n) is 3.54. The largest absolute Gasteiger partial charge is 0.324 e. The number of rotatable bonds is 6. The number of thiophene rings is 1. The van der Waals surface area contributed by atoms with Crippen LogP contribution in [0, 0.1) is 6.92 Å². The molecule has 2 N–H and O–H groups in total.